The smallest absolute Gasteiger partial charge is 0.285 e. The third-order valence-corrected chi connectivity index (χ3v) is 2.42. The first kappa shape index (κ1) is 25.9. The second-order valence-corrected chi connectivity index (χ2v) is 4.33. The molecule has 0 amide bonds. The van der Waals surface area contributed by atoms with Gasteiger partial charge in [0.15, 0.2) is 0 Å². The van der Waals surface area contributed by atoms with Gasteiger partial charge in [0.25, 0.3) is 5.97 Å². The van der Waals surface area contributed by atoms with Gasteiger partial charge in [-0.3, -0.25) is 15.5 Å². The van der Waals surface area contributed by atoms with Crippen molar-refractivity contribution in [2.45, 2.75) is 39.7 Å². The fourth-order valence-electron chi connectivity index (χ4n) is 0.992. The second-order valence-electron chi connectivity index (χ2n) is 3.42. The molecular weight excluding hydrogens is 420 g/mol. The monoisotopic (exact) mass is 440 g/mol. The number of benzene rings is 1. The topological polar surface area (TPSA) is 93.4 Å². The first-order chi connectivity index (χ1) is 9.42. The van der Waals surface area contributed by atoms with Gasteiger partial charge in [-0.1, -0.05) is 49.5 Å². The van der Waals surface area contributed by atoms with Crippen LogP contribution in [0.2, 0.25) is 0 Å². The normalized spacial score (nSPS) is 9.86. The van der Waals surface area contributed by atoms with Crippen LogP contribution >= 0.6 is 15.9 Å². The number of nitrogens with one attached hydrogen (secondary N) is 2. The molecule has 0 aliphatic rings. The summed E-state index contributed by atoms with van der Waals surface area (Å²) in [7, 11) is 0. The number of halogens is 2. The second kappa shape index (κ2) is 16.3. The molecule has 1 atom stereocenters. The van der Waals surface area contributed by atoms with Gasteiger partial charge in [0.1, 0.15) is 5.82 Å². The summed E-state index contributed by atoms with van der Waals surface area (Å²) in [5.74, 6) is -1.51. The molecule has 1 unspecified atom stereocenters. The summed E-state index contributed by atoms with van der Waals surface area (Å²) in [5.41, 5.74) is 8.63. The predicted octanol–water partition coefficient (Wildman–Crippen LogP) is 4.70. The molecule has 0 fully saturated rings. The van der Waals surface area contributed by atoms with E-state index in [4.69, 9.17) is 16.0 Å². The fourth-order valence-corrected chi connectivity index (χ4v) is 1.33. The number of anilines is 1. The number of carbonyl (C=O) groups is 1. The van der Waals surface area contributed by atoms with Crippen molar-refractivity contribution in [1.82, 2.24) is 0 Å². The van der Waals surface area contributed by atoms with Crippen molar-refractivity contribution in [2.24, 2.45) is 0 Å². The van der Waals surface area contributed by atoms with Crippen LogP contribution in [0.15, 0.2) is 22.7 Å². The summed E-state index contributed by atoms with van der Waals surface area (Å²) in [6.45, 7) is 5.87. The van der Waals surface area contributed by atoms with E-state index in [0.29, 0.717) is 10.9 Å². The maximum Gasteiger partial charge on any atom is 0.285 e. The third kappa shape index (κ3) is 13.3. The first-order valence-electron chi connectivity index (χ1n) is 6.21. The summed E-state index contributed by atoms with van der Waals surface area (Å²) in [6.07, 6.45) is 1.22. The molecule has 0 aliphatic heterocycles. The molecule has 1 rings (SSSR count). The zero-order chi connectivity index (χ0) is 16.1. The van der Waals surface area contributed by atoms with Crippen LogP contribution in [0.3, 0.4) is 0 Å². The molecule has 0 aliphatic carbocycles. The van der Waals surface area contributed by atoms with Crippen LogP contribution in [0.5, 0.6) is 0 Å². The number of carboxylic acids is 1. The Labute approximate surface area is 158 Å². The Hall–Kier alpha value is -0.0761. The summed E-state index contributed by atoms with van der Waals surface area (Å²) in [5, 5.41) is 16.4. The van der Waals surface area contributed by atoms with Crippen molar-refractivity contribution in [3.05, 3.63) is 34.2 Å². The number of hydrogen-bond donors (Lipinski definition) is 3. The number of hydrogen-bond acceptors (Lipinski definition) is 3. The minimum absolute atomic E-state index is 0. The van der Waals surface area contributed by atoms with E-state index < -0.39 is 17.8 Å². The maximum atomic E-state index is 12.6. The SMILES string of the molecule is CC.CCCC([NH-])C(=O)O.ONc1ccc(Br)cc1F.[Y]. The Morgan fingerprint density at radius 2 is 2.00 bits per heavy atom. The van der Waals surface area contributed by atoms with E-state index in [0.717, 1.165) is 6.42 Å². The molecule has 8 heteroatoms. The van der Waals surface area contributed by atoms with Crippen LogP contribution in [0.25, 0.3) is 5.73 Å². The average molecular weight is 441 g/mol. The van der Waals surface area contributed by atoms with Crippen LogP contribution in [0.4, 0.5) is 10.1 Å². The molecule has 1 aromatic carbocycles. The minimum Gasteiger partial charge on any atom is -0.665 e. The predicted molar refractivity (Wildman–Crippen MR) is 81.5 cm³/mol. The van der Waals surface area contributed by atoms with Gasteiger partial charge >= 0.3 is 0 Å². The van der Waals surface area contributed by atoms with Crippen LogP contribution in [0, 0.1) is 5.82 Å². The summed E-state index contributed by atoms with van der Waals surface area (Å²) in [6, 6.07) is 3.40. The maximum absolute atomic E-state index is 12.6. The minimum atomic E-state index is -1.02. The molecule has 21 heavy (non-hydrogen) atoms. The Morgan fingerprint density at radius 1 is 1.48 bits per heavy atom. The van der Waals surface area contributed by atoms with Crippen molar-refractivity contribution in [2.75, 3.05) is 5.48 Å². The van der Waals surface area contributed by atoms with E-state index in [1.807, 2.05) is 20.8 Å². The molecule has 0 heterocycles. The molecule has 0 aromatic heterocycles. The summed E-state index contributed by atoms with van der Waals surface area (Å²) in [4.78, 5) is 9.90. The van der Waals surface area contributed by atoms with Gasteiger partial charge in [0, 0.05) is 37.2 Å². The Bertz CT molecular complexity index is 398. The molecule has 0 saturated carbocycles. The van der Waals surface area contributed by atoms with Crippen LogP contribution in [-0.4, -0.2) is 22.3 Å². The van der Waals surface area contributed by atoms with Gasteiger partial charge in [0.2, 0.25) is 0 Å². The van der Waals surface area contributed by atoms with Crippen molar-refractivity contribution in [1.29, 1.82) is 0 Å². The molecule has 0 bridgehead atoms. The van der Waals surface area contributed by atoms with Gasteiger partial charge in [0.05, 0.1) is 5.69 Å². The largest absolute Gasteiger partial charge is 0.665 e. The summed E-state index contributed by atoms with van der Waals surface area (Å²) < 4.78 is 13.2. The van der Waals surface area contributed by atoms with E-state index >= 15 is 0 Å². The van der Waals surface area contributed by atoms with E-state index in [-0.39, 0.29) is 38.4 Å². The van der Waals surface area contributed by atoms with Gasteiger partial charge in [-0.2, -0.15) is 0 Å². The third-order valence-electron chi connectivity index (χ3n) is 1.93. The quantitative estimate of drug-likeness (QED) is 0.591. The van der Waals surface area contributed by atoms with Crippen molar-refractivity contribution >= 4 is 27.6 Å². The van der Waals surface area contributed by atoms with Crippen molar-refractivity contribution in [3.8, 4) is 0 Å². The zero-order valence-corrected chi connectivity index (χ0v) is 16.8. The van der Waals surface area contributed by atoms with Gasteiger partial charge in [-0.25, -0.2) is 4.39 Å². The van der Waals surface area contributed by atoms with Gasteiger partial charge < -0.3 is 10.8 Å². The van der Waals surface area contributed by atoms with Gasteiger partial charge in [-0.15, -0.1) is 0 Å². The zero-order valence-electron chi connectivity index (χ0n) is 12.4. The standard InChI is InChI=1S/C6H5BrFNO.C5H10NO2.C2H6.Y/c7-4-1-2-6(9-10)5(8)3-4;1-2-3-4(6)5(7)8;1-2;/h1-3,9-10H;4,6H,2-3H2,1H3,(H,7,8);1-2H3;/q;-1;;. The molecule has 0 saturated heterocycles. The van der Waals surface area contributed by atoms with Crippen molar-refractivity contribution in [3.63, 3.8) is 0 Å². The van der Waals surface area contributed by atoms with E-state index in [1.165, 1.54) is 12.1 Å². The van der Waals surface area contributed by atoms with E-state index in [2.05, 4.69) is 15.9 Å². The Morgan fingerprint density at radius 3 is 2.29 bits per heavy atom. The molecule has 4 N–H and O–H groups in total. The Balaban J connectivity index is -0.000000270. The average Bonchev–Trinajstić information content (AvgIpc) is 2.42. The first-order valence-corrected chi connectivity index (χ1v) is 7.00. The molecule has 1 radical (unpaired) electrons. The number of aliphatic carboxylic acids is 1. The molecule has 5 nitrogen and oxygen atoms in total. The number of rotatable bonds is 4. The van der Waals surface area contributed by atoms with Crippen LogP contribution in [0.1, 0.15) is 33.6 Å². The molecule has 119 valence electrons. The molecule has 0 spiro atoms. The van der Waals surface area contributed by atoms with Crippen LogP contribution in [-0.2, 0) is 37.5 Å². The van der Waals surface area contributed by atoms with Crippen LogP contribution < -0.4 is 5.48 Å². The van der Waals surface area contributed by atoms with E-state index in [9.17, 15) is 9.18 Å². The molecule has 1 aromatic rings. The summed E-state index contributed by atoms with van der Waals surface area (Å²) >= 11 is 3.08. The van der Waals surface area contributed by atoms with E-state index in [1.54, 1.807) is 11.5 Å². The van der Waals surface area contributed by atoms with Gasteiger partial charge in [-0.05, 0) is 24.2 Å². The van der Waals surface area contributed by atoms with Crippen molar-refractivity contribution < 1.29 is 52.2 Å². The fraction of sp³-hybridized carbons (Fsp3) is 0.462. The molecular formula is C13H21BrFN2O3Y-. The number of carboxylic acid groups (broad SMARTS) is 1. The Kier molecular flexibility index (Phi) is 20.1.